The SMILES string of the molecule is CCCCOc1ccc(/C=C/c2nc3cc(S(=O)(=O)CC)ccc3o2)cc1OC. The summed E-state index contributed by atoms with van der Waals surface area (Å²) in [5.41, 5.74) is 1.95. The lowest BCUT2D eigenvalue weighted by Crippen LogP contribution is -2.03. The van der Waals surface area contributed by atoms with Crippen molar-refractivity contribution in [1.82, 2.24) is 4.98 Å². The minimum absolute atomic E-state index is 0.0447. The molecule has 2 aromatic carbocycles. The van der Waals surface area contributed by atoms with Crippen molar-refractivity contribution in [2.45, 2.75) is 31.6 Å². The lowest BCUT2D eigenvalue weighted by molar-refractivity contribution is 0.288. The van der Waals surface area contributed by atoms with Crippen LogP contribution in [0.4, 0.5) is 0 Å². The molecule has 7 heteroatoms. The number of ether oxygens (including phenoxy) is 2. The fourth-order valence-electron chi connectivity index (χ4n) is 2.76. The van der Waals surface area contributed by atoms with Crippen LogP contribution in [0.1, 0.15) is 38.1 Å². The van der Waals surface area contributed by atoms with Crippen LogP contribution in [-0.4, -0.2) is 32.9 Å². The molecular formula is C22H25NO5S. The van der Waals surface area contributed by atoms with E-state index in [-0.39, 0.29) is 10.6 Å². The van der Waals surface area contributed by atoms with E-state index in [0.717, 1.165) is 18.4 Å². The van der Waals surface area contributed by atoms with Gasteiger partial charge in [0, 0.05) is 6.08 Å². The molecule has 0 N–H and O–H groups in total. The predicted octanol–water partition coefficient (Wildman–Crippen LogP) is 4.98. The average Bonchev–Trinajstić information content (AvgIpc) is 3.15. The number of sulfone groups is 1. The highest BCUT2D eigenvalue weighted by Gasteiger charge is 2.14. The molecule has 3 aromatic rings. The number of hydrogen-bond donors (Lipinski definition) is 0. The lowest BCUT2D eigenvalue weighted by atomic mass is 10.2. The molecule has 0 unspecified atom stereocenters. The zero-order valence-electron chi connectivity index (χ0n) is 16.8. The van der Waals surface area contributed by atoms with Gasteiger partial charge in [0.1, 0.15) is 5.52 Å². The molecule has 1 heterocycles. The molecule has 3 rings (SSSR count). The van der Waals surface area contributed by atoms with Crippen molar-refractivity contribution in [3.63, 3.8) is 0 Å². The summed E-state index contributed by atoms with van der Waals surface area (Å²) >= 11 is 0. The van der Waals surface area contributed by atoms with Crippen LogP contribution in [0.5, 0.6) is 11.5 Å². The quantitative estimate of drug-likeness (QED) is 0.459. The molecule has 1 aromatic heterocycles. The lowest BCUT2D eigenvalue weighted by Gasteiger charge is -2.10. The van der Waals surface area contributed by atoms with Gasteiger partial charge in [-0.3, -0.25) is 0 Å². The Bertz CT molecular complexity index is 1120. The summed E-state index contributed by atoms with van der Waals surface area (Å²) in [6, 6.07) is 10.4. The van der Waals surface area contributed by atoms with Crippen molar-refractivity contribution in [2.24, 2.45) is 0 Å². The second-order valence-corrected chi connectivity index (χ2v) is 8.81. The van der Waals surface area contributed by atoms with E-state index < -0.39 is 9.84 Å². The third-order valence-corrected chi connectivity index (χ3v) is 6.21. The average molecular weight is 416 g/mol. The summed E-state index contributed by atoms with van der Waals surface area (Å²) in [6.45, 7) is 4.38. The fourth-order valence-corrected chi connectivity index (χ4v) is 3.66. The molecule has 0 spiro atoms. The number of rotatable bonds is 9. The highest BCUT2D eigenvalue weighted by Crippen LogP contribution is 2.29. The Hall–Kier alpha value is -2.80. The van der Waals surface area contributed by atoms with Crippen molar-refractivity contribution < 1.29 is 22.3 Å². The fraction of sp³-hybridized carbons (Fsp3) is 0.318. The van der Waals surface area contributed by atoms with Gasteiger partial charge in [0.2, 0.25) is 5.89 Å². The Labute approximate surface area is 171 Å². The van der Waals surface area contributed by atoms with Crippen LogP contribution in [0.25, 0.3) is 23.3 Å². The van der Waals surface area contributed by atoms with Gasteiger partial charge >= 0.3 is 0 Å². The van der Waals surface area contributed by atoms with E-state index in [2.05, 4.69) is 11.9 Å². The third kappa shape index (κ3) is 4.98. The molecule has 0 bridgehead atoms. The van der Waals surface area contributed by atoms with Gasteiger partial charge in [-0.2, -0.15) is 0 Å². The molecule has 154 valence electrons. The molecule has 0 fully saturated rings. The standard InChI is InChI=1S/C22H25NO5S/c1-4-6-13-27-20-10-7-16(14-21(20)26-3)8-12-22-23-18-15-17(29(24,25)5-2)9-11-19(18)28-22/h7-12,14-15H,4-6,13H2,1-3H3/b12-8+. The highest BCUT2D eigenvalue weighted by molar-refractivity contribution is 7.91. The molecule has 0 aliphatic rings. The normalized spacial score (nSPS) is 12.0. The molecule has 0 aliphatic heterocycles. The van der Waals surface area contributed by atoms with Gasteiger partial charge in [-0.05, 0) is 48.4 Å². The predicted molar refractivity (Wildman–Crippen MR) is 114 cm³/mol. The maximum atomic E-state index is 12.0. The van der Waals surface area contributed by atoms with Gasteiger partial charge in [0.05, 0.1) is 24.4 Å². The van der Waals surface area contributed by atoms with Crippen LogP contribution in [0.3, 0.4) is 0 Å². The van der Waals surface area contributed by atoms with Crippen molar-refractivity contribution >= 4 is 33.1 Å². The van der Waals surface area contributed by atoms with E-state index in [4.69, 9.17) is 13.9 Å². The van der Waals surface area contributed by atoms with E-state index in [1.165, 1.54) is 0 Å². The summed E-state index contributed by atoms with van der Waals surface area (Å²) < 4.78 is 40.9. The Morgan fingerprint density at radius 2 is 1.90 bits per heavy atom. The van der Waals surface area contributed by atoms with Crippen LogP contribution in [0, 0.1) is 0 Å². The largest absolute Gasteiger partial charge is 0.493 e. The zero-order valence-corrected chi connectivity index (χ0v) is 17.7. The molecule has 0 radical (unpaired) electrons. The van der Waals surface area contributed by atoms with Crippen LogP contribution in [-0.2, 0) is 9.84 Å². The highest BCUT2D eigenvalue weighted by atomic mass is 32.2. The Morgan fingerprint density at radius 3 is 2.62 bits per heavy atom. The summed E-state index contributed by atoms with van der Waals surface area (Å²) in [6.07, 6.45) is 5.65. The summed E-state index contributed by atoms with van der Waals surface area (Å²) in [7, 11) is -1.67. The van der Waals surface area contributed by atoms with E-state index in [0.29, 0.717) is 35.1 Å². The molecule has 0 saturated carbocycles. The maximum Gasteiger partial charge on any atom is 0.220 e. The number of oxazole rings is 1. The minimum Gasteiger partial charge on any atom is -0.493 e. The van der Waals surface area contributed by atoms with Crippen molar-refractivity contribution in [1.29, 1.82) is 0 Å². The number of benzene rings is 2. The summed E-state index contributed by atoms with van der Waals surface area (Å²) in [5, 5.41) is 0. The first kappa shape index (κ1) is 20.9. The molecule has 29 heavy (non-hydrogen) atoms. The molecule has 0 saturated heterocycles. The van der Waals surface area contributed by atoms with Crippen molar-refractivity contribution in [3.8, 4) is 11.5 Å². The first-order valence-electron chi connectivity index (χ1n) is 9.59. The van der Waals surface area contributed by atoms with Gasteiger partial charge in [-0.1, -0.05) is 26.3 Å². The van der Waals surface area contributed by atoms with E-state index in [1.54, 1.807) is 38.3 Å². The molecule has 0 atom stereocenters. The van der Waals surface area contributed by atoms with E-state index in [1.807, 2.05) is 24.3 Å². The number of methoxy groups -OCH3 is 1. The Morgan fingerprint density at radius 1 is 1.07 bits per heavy atom. The van der Waals surface area contributed by atoms with Gasteiger partial charge in [0.25, 0.3) is 0 Å². The van der Waals surface area contributed by atoms with Crippen LogP contribution < -0.4 is 9.47 Å². The van der Waals surface area contributed by atoms with Crippen LogP contribution in [0.2, 0.25) is 0 Å². The number of nitrogens with zero attached hydrogens (tertiary/aromatic N) is 1. The van der Waals surface area contributed by atoms with Crippen LogP contribution >= 0.6 is 0 Å². The van der Waals surface area contributed by atoms with Crippen molar-refractivity contribution in [3.05, 3.63) is 47.9 Å². The van der Waals surface area contributed by atoms with E-state index in [9.17, 15) is 8.42 Å². The third-order valence-electron chi connectivity index (χ3n) is 4.48. The first-order valence-corrected chi connectivity index (χ1v) is 11.2. The molecule has 6 nitrogen and oxygen atoms in total. The van der Waals surface area contributed by atoms with Crippen molar-refractivity contribution in [2.75, 3.05) is 19.5 Å². The van der Waals surface area contributed by atoms with Gasteiger partial charge in [-0.25, -0.2) is 13.4 Å². The van der Waals surface area contributed by atoms with Crippen LogP contribution in [0.15, 0.2) is 45.7 Å². The maximum absolute atomic E-state index is 12.0. The second-order valence-electron chi connectivity index (χ2n) is 6.53. The number of hydrogen-bond acceptors (Lipinski definition) is 6. The number of fused-ring (bicyclic) bond motifs is 1. The minimum atomic E-state index is -3.28. The molecular weight excluding hydrogens is 390 g/mol. The zero-order chi connectivity index (χ0) is 20.9. The first-order chi connectivity index (χ1) is 14.0. The van der Waals surface area contributed by atoms with Gasteiger partial charge < -0.3 is 13.9 Å². The number of unbranched alkanes of at least 4 members (excludes halogenated alkanes) is 1. The smallest absolute Gasteiger partial charge is 0.220 e. The molecule has 0 amide bonds. The molecule has 0 aliphatic carbocycles. The van der Waals surface area contributed by atoms with Gasteiger partial charge in [-0.15, -0.1) is 0 Å². The Balaban J connectivity index is 1.81. The van der Waals surface area contributed by atoms with E-state index >= 15 is 0 Å². The topological polar surface area (TPSA) is 78.6 Å². The summed E-state index contributed by atoms with van der Waals surface area (Å²) in [4.78, 5) is 4.62. The summed E-state index contributed by atoms with van der Waals surface area (Å²) in [5.74, 6) is 1.82. The Kier molecular flexibility index (Phi) is 6.59. The number of aromatic nitrogens is 1. The second kappa shape index (κ2) is 9.13. The van der Waals surface area contributed by atoms with Gasteiger partial charge in [0.15, 0.2) is 26.9 Å². The monoisotopic (exact) mass is 415 g/mol.